The first-order valence-electron chi connectivity index (χ1n) is 16.7. The average Bonchev–Trinajstić information content (AvgIpc) is 3.54. The molecule has 1 saturated carbocycles. The lowest BCUT2D eigenvalue weighted by Gasteiger charge is -2.26. The number of guanidine groups is 1. The van der Waals surface area contributed by atoms with Crippen molar-refractivity contribution in [3.63, 3.8) is 0 Å². The number of unbranched alkanes of at least 4 members (excludes halogenated alkanes) is 1. The molecule has 4 rings (SSSR count). The number of hydrogen-bond donors (Lipinski definition) is 3. The van der Waals surface area contributed by atoms with Crippen LogP contribution in [-0.2, 0) is 28.8 Å². The highest BCUT2D eigenvalue weighted by molar-refractivity contribution is 5.89. The molecule has 7 heteroatoms. The first-order chi connectivity index (χ1) is 21.9. The monoisotopic (exact) mass is 613 g/mol. The van der Waals surface area contributed by atoms with Crippen molar-refractivity contribution in [3.8, 4) is 23.3 Å². The summed E-state index contributed by atoms with van der Waals surface area (Å²) in [4.78, 5) is 17.5. The molecule has 0 spiro atoms. The van der Waals surface area contributed by atoms with Gasteiger partial charge in [-0.1, -0.05) is 61.6 Å². The molecule has 0 heterocycles. The summed E-state index contributed by atoms with van der Waals surface area (Å²) >= 11 is 0. The molecule has 0 bridgehead atoms. The molecule has 0 amide bonds. The number of aliphatic imine (C=N–C) groups is 1. The minimum Gasteiger partial charge on any atom is -0.504 e. The van der Waals surface area contributed by atoms with Gasteiger partial charge in [0.25, 0.3) is 0 Å². The zero-order valence-electron chi connectivity index (χ0n) is 27.1. The van der Waals surface area contributed by atoms with Crippen molar-refractivity contribution in [2.24, 2.45) is 28.3 Å². The Morgan fingerprint density at radius 2 is 1.89 bits per heavy atom. The predicted octanol–water partition coefficient (Wildman–Crippen LogP) is 6.41. The summed E-state index contributed by atoms with van der Waals surface area (Å²) < 4.78 is 12.1. The molecule has 2 aromatic carbocycles. The van der Waals surface area contributed by atoms with E-state index in [4.69, 9.17) is 20.9 Å². The number of ether oxygens (including phenoxy) is 2. The van der Waals surface area contributed by atoms with Crippen LogP contribution in [0.25, 0.3) is 0 Å². The minimum atomic E-state index is -0.167. The smallest absolute Gasteiger partial charge is 0.186 e. The van der Waals surface area contributed by atoms with Gasteiger partial charge in [0, 0.05) is 37.2 Å². The first kappa shape index (κ1) is 34.1. The summed E-state index contributed by atoms with van der Waals surface area (Å²) in [7, 11) is 1.71. The molecule has 242 valence electrons. The molecule has 2 aliphatic rings. The third-order valence-corrected chi connectivity index (χ3v) is 8.96. The van der Waals surface area contributed by atoms with E-state index in [1.165, 1.54) is 5.56 Å². The SMILES string of the molecule is CCC/C=C/C(=O)CCc1cc(OC2CCCC2)c(O)c2c1C#C[C@@H](CCc1ccccc1)[C@H](N=C(N)N)CC[C@H](COC)C2. The van der Waals surface area contributed by atoms with E-state index in [-0.39, 0.29) is 41.5 Å². The van der Waals surface area contributed by atoms with Gasteiger partial charge in [0.1, 0.15) is 0 Å². The largest absolute Gasteiger partial charge is 0.504 e. The summed E-state index contributed by atoms with van der Waals surface area (Å²) in [6.07, 6.45) is 14.5. The second-order valence-electron chi connectivity index (χ2n) is 12.5. The number of rotatable bonds is 14. The number of phenolic OH excluding ortho intramolecular Hbond substituents is 1. The molecule has 5 N–H and O–H groups in total. The lowest BCUT2D eigenvalue weighted by atomic mass is 9.83. The maximum Gasteiger partial charge on any atom is 0.186 e. The molecule has 2 aromatic rings. The molecular formula is C38H51N3O4. The molecule has 45 heavy (non-hydrogen) atoms. The van der Waals surface area contributed by atoms with Crippen molar-refractivity contribution in [3.05, 3.63) is 70.8 Å². The van der Waals surface area contributed by atoms with Crippen molar-refractivity contribution in [2.75, 3.05) is 13.7 Å². The van der Waals surface area contributed by atoms with Crippen molar-refractivity contribution in [1.82, 2.24) is 0 Å². The number of carbonyl (C=O) groups is 1. The Morgan fingerprint density at radius 3 is 2.60 bits per heavy atom. The quantitative estimate of drug-likeness (QED) is 0.0980. The van der Waals surface area contributed by atoms with E-state index in [9.17, 15) is 9.90 Å². The van der Waals surface area contributed by atoms with E-state index in [0.717, 1.165) is 80.9 Å². The van der Waals surface area contributed by atoms with Crippen molar-refractivity contribution in [2.45, 2.75) is 103 Å². The Bertz CT molecular complexity index is 1360. The van der Waals surface area contributed by atoms with Crippen LogP contribution in [0.15, 0.2) is 53.5 Å². The highest BCUT2D eigenvalue weighted by atomic mass is 16.5. The Hall–Kier alpha value is -3.76. The van der Waals surface area contributed by atoms with Crippen LogP contribution in [0, 0.1) is 23.7 Å². The van der Waals surface area contributed by atoms with Gasteiger partial charge in [0.15, 0.2) is 23.2 Å². The molecule has 2 aliphatic carbocycles. The first-order valence-corrected chi connectivity index (χ1v) is 16.7. The number of nitrogens with two attached hydrogens (primary N) is 2. The summed E-state index contributed by atoms with van der Waals surface area (Å²) in [5.41, 5.74) is 15.6. The molecule has 0 aromatic heterocycles. The summed E-state index contributed by atoms with van der Waals surface area (Å²) in [6.45, 7) is 2.62. The van der Waals surface area contributed by atoms with E-state index in [1.807, 2.05) is 30.3 Å². The number of hydrogen-bond acceptors (Lipinski definition) is 5. The van der Waals surface area contributed by atoms with Crippen molar-refractivity contribution in [1.29, 1.82) is 0 Å². The average molecular weight is 614 g/mol. The van der Waals surface area contributed by atoms with Crippen molar-refractivity contribution >= 4 is 11.7 Å². The number of carbonyl (C=O) groups excluding carboxylic acids is 1. The van der Waals surface area contributed by atoms with Gasteiger partial charge in [0.05, 0.1) is 12.1 Å². The summed E-state index contributed by atoms with van der Waals surface area (Å²) in [5, 5.41) is 11.7. The van der Waals surface area contributed by atoms with E-state index >= 15 is 0 Å². The number of allylic oxidation sites excluding steroid dienone is 2. The van der Waals surface area contributed by atoms with Crippen LogP contribution in [0.4, 0.5) is 0 Å². The van der Waals surface area contributed by atoms with Crippen molar-refractivity contribution < 1.29 is 19.4 Å². The molecule has 0 saturated heterocycles. The maximum absolute atomic E-state index is 12.8. The number of nitrogens with zero attached hydrogens (tertiary/aromatic N) is 1. The Kier molecular flexibility index (Phi) is 13.4. The van der Waals surface area contributed by atoms with Gasteiger partial charge in [-0.05, 0) is 99.8 Å². The Morgan fingerprint density at radius 1 is 1.11 bits per heavy atom. The number of fused-ring (bicyclic) bond motifs is 1. The summed E-state index contributed by atoms with van der Waals surface area (Å²) in [5.74, 6) is 7.87. The van der Waals surface area contributed by atoms with Gasteiger partial charge in [-0.2, -0.15) is 0 Å². The fraction of sp³-hybridized carbons (Fsp3) is 0.526. The highest BCUT2D eigenvalue weighted by Crippen LogP contribution is 2.40. The Balaban J connectivity index is 1.79. The highest BCUT2D eigenvalue weighted by Gasteiger charge is 2.28. The van der Waals surface area contributed by atoms with Crippen LogP contribution in [0.1, 0.15) is 93.4 Å². The number of benzene rings is 2. The molecule has 7 nitrogen and oxygen atoms in total. The molecule has 1 fully saturated rings. The van der Waals surface area contributed by atoms with Crippen LogP contribution in [0.3, 0.4) is 0 Å². The summed E-state index contributed by atoms with van der Waals surface area (Å²) in [6, 6.07) is 12.1. The van der Waals surface area contributed by atoms with E-state index in [1.54, 1.807) is 13.2 Å². The third-order valence-electron chi connectivity index (χ3n) is 8.96. The number of phenols is 1. The lowest BCUT2D eigenvalue weighted by molar-refractivity contribution is -0.114. The molecule has 0 aliphatic heterocycles. The topological polar surface area (TPSA) is 120 Å². The number of methoxy groups -OCH3 is 1. The maximum atomic E-state index is 12.8. The zero-order valence-corrected chi connectivity index (χ0v) is 27.1. The fourth-order valence-corrected chi connectivity index (χ4v) is 6.52. The molecule has 3 atom stereocenters. The van der Waals surface area contributed by atoms with Crippen LogP contribution in [-0.4, -0.2) is 42.7 Å². The van der Waals surface area contributed by atoms with Gasteiger partial charge in [-0.15, -0.1) is 0 Å². The van der Waals surface area contributed by atoms with Crippen LogP contribution >= 0.6 is 0 Å². The van der Waals surface area contributed by atoms with Crippen LogP contribution in [0.5, 0.6) is 11.5 Å². The molecule has 0 radical (unpaired) electrons. The standard InChI is InChI=1S/C38H51N3O4/c1-3-4-6-13-31(42)21-19-30-25-36(45-32-14-9-10-15-32)37(43)34-24-28(26-44-2)17-23-35(41-38(39)40)29(20-22-33(30)34)18-16-27-11-7-5-8-12-27/h5-8,11-13,25,28-29,32,35,43H,3-4,9-10,14-19,21,23-24,26H2,1-2H3,(H4,39,40,41)/b13-6+/t28-,29+,35+/m0/s1. The van der Waals surface area contributed by atoms with E-state index in [2.05, 4.69) is 35.9 Å². The normalized spacial score (nSPS) is 20.3. The van der Waals surface area contributed by atoms with Gasteiger partial charge >= 0.3 is 0 Å². The fourth-order valence-electron chi connectivity index (χ4n) is 6.52. The second-order valence-corrected chi connectivity index (χ2v) is 12.5. The third kappa shape index (κ3) is 10.4. The van der Waals surface area contributed by atoms with Crippen LogP contribution < -0.4 is 16.2 Å². The van der Waals surface area contributed by atoms with Gasteiger partial charge < -0.3 is 26.0 Å². The number of aromatic hydroxyl groups is 1. The molecule has 0 unspecified atom stereocenters. The number of aryl methyl sites for hydroxylation is 2. The van der Waals surface area contributed by atoms with E-state index < -0.39 is 0 Å². The lowest BCUT2D eigenvalue weighted by Crippen LogP contribution is -2.30. The van der Waals surface area contributed by atoms with E-state index in [0.29, 0.717) is 31.6 Å². The minimum absolute atomic E-state index is 0.0638. The number of ketones is 1. The molecular weight excluding hydrogens is 562 g/mol. The second kappa shape index (κ2) is 17.7. The van der Waals surface area contributed by atoms with Gasteiger partial charge in [-0.25, -0.2) is 4.99 Å². The predicted molar refractivity (Wildman–Crippen MR) is 181 cm³/mol. The Labute approximate surface area is 269 Å². The van der Waals surface area contributed by atoms with Gasteiger partial charge in [-0.3, -0.25) is 4.79 Å². The van der Waals surface area contributed by atoms with Gasteiger partial charge in [0.2, 0.25) is 0 Å². The zero-order chi connectivity index (χ0) is 32.0. The van der Waals surface area contributed by atoms with Crippen LogP contribution in [0.2, 0.25) is 0 Å².